The van der Waals surface area contributed by atoms with Gasteiger partial charge < -0.3 is 34.1 Å². The highest BCUT2D eigenvalue weighted by molar-refractivity contribution is 6.33. The second-order valence-electron chi connectivity index (χ2n) is 12.1. The Kier molecular flexibility index (Phi) is 8.61. The average Bonchev–Trinajstić information content (AvgIpc) is 3.02. The number of carbonyl (C=O) groups is 1. The van der Waals surface area contributed by atoms with Gasteiger partial charge in [-0.25, -0.2) is 4.98 Å². The SMILES string of the molecule is CN1CC[C@H](c2c(O)cc(O)c3c(=O)cc(-c4ccccc4Cl)oc23)[C@H](OC(=O)C2CCN(c3cc(N(C)C)ccn3)CC2)C1. The molecule has 11 heteroatoms. The first kappa shape index (κ1) is 30.7. The Morgan fingerprint density at radius 2 is 1.80 bits per heavy atom. The number of piperidine rings is 2. The van der Waals surface area contributed by atoms with E-state index in [-0.39, 0.29) is 40.1 Å². The molecule has 4 aromatic rings. The third-order valence-electron chi connectivity index (χ3n) is 8.94. The predicted molar refractivity (Wildman–Crippen MR) is 174 cm³/mol. The van der Waals surface area contributed by atoms with Gasteiger partial charge in [0.2, 0.25) is 0 Å². The Morgan fingerprint density at radius 3 is 2.53 bits per heavy atom. The normalized spacial score (nSPS) is 19.5. The number of esters is 1. The summed E-state index contributed by atoms with van der Waals surface area (Å²) in [5, 5.41) is 22.2. The third-order valence-corrected chi connectivity index (χ3v) is 9.27. The quantitative estimate of drug-likeness (QED) is 0.273. The number of fused-ring (bicyclic) bond motifs is 1. The van der Waals surface area contributed by atoms with E-state index in [0.29, 0.717) is 61.6 Å². The summed E-state index contributed by atoms with van der Waals surface area (Å²) in [6, 6.07) is 13.4. The molecular weight excluding hydrogens is 596 g/mol. The molecule has 2 fully saturated rings. The van der Waals surface area contributed by atoms with Crippen LogP contribution in [-0.4, -0.2) is 79.5 Å². The molecule has 2 aromatic carbocycles. The number of anilines is 2. The molecule has 0 radical (unpaired) electrons. The summed E-state index contributed by atoms with van der Waals surface area (Å²) in [7, 11) is 5.93. The van der Waals surface area contributed by atoms with Crippen LogP contribution in [0.1, 0.15) is 30.7 Å². The number of hydrogen-bond acceptors (Lipinski definition) is 10. The van der Waals surface area contributed by atoms with Crippen LogP contribution in [-0.2, 0) is 9.53 Å². The zero-order valence-electron chi connectivity index (χ0n) is 25.6. The van der Waals surface area contributed by atoms with E-state index >= 15 is 0 Å². The zero-order valence-corrected chi connectivity index (χ0v) is 26.3. The van der Waals surface area contributed by atoms with Gasteiger partial charge in [0.05, 0.1) is 10.9 Å². The number of ether oxygens (including phenoxy) is 1. The van der Waals surface area contributed by atoms with E-state index in [4.69, 9.17) is 20.8 Å². The van der Waals surface area contributed by atoms with Crippen LogP contribution in [0.2, 0.25) is 5.02 Å². The zero-order chi connectivity index (χ0) is 31.8. The molecule has 2 aliphatic rings. The Morgan fingerprint density at radius 1 is 1.04 bits per heavy atom. The molecule has 6 rings (SSSR count). The van der Waals surface area contributed by atoms with Crippen molar-refractivity contribution in [3.8, 4) is 22.8 Å². The first-order valence-corrected chi connectivity index (χ1v) is 15.5. The van der Waals surface area contributed by atoms with Gasteiger partial charge in [0, 0.05) is 80.9 Å². The van der Waals surface area contributed by atoms with Gasteiger partial charge >= 0.3 is 5.97 Å². The summed E-state index contributed by atoms with van der Waals surface area (Å²) in [6.07, 6.45) is 2.98. The molecule has 2 atom stereocenters. The van der Waals surface area contributed by atoms with Crippen LogP contribution in [0.3, 0.4) is 0 Å². The molecule has 10 nitrogen and oxygen atoms in total. The van der Waals surface area contributed by atoms with Gasteiger partial charge in [0.1, 0.15) is 40.2 Å². The molecule has 45 heavy (non-hydrogen) atoms. The second-order valence-corrected chi connectivity index (χ2v) is 12.6. The molecule has 0 saturated carbocycles. The van der Waals surface area contributed by atoms with Gasteiger partial charge in [-0.1, -0.05) is 23.7 Å². The van der Waals surface area contributed by atoms with Crippen LogP contribution in [0, 0.1) is 5.92 Å². The standard InChI is InChI=1S/C34H37ClN4O6/c1-37(2)21-8-12-36-30(16-21)39-14-9-20(10-15-39)34(43)45-29-19-38(3)13-11-23(29)31-25(40)17-26(41)32-27(42)18-28(44-33(31)32)22-6-4-5-7-24(22)35/h4-8,12,16-18,20,23,29,40-41H,9-11,13-15,19H2,1-3H3/t23-,29+/m0/s1. The maximum Gasteiger partial charge on any atom is 0.309 e. The topological polar surface area (TPSA) is 120 Å². The smallest absolute Gasteiger partial charge is 0.309 e. The average molecular weight is 633 g/mol. The molecule has 2 N–H and O–H groups in total. The molecule has 0 bridgehead atoms. The predicted octanol–water partition coefficient (Wildman–Crippen LogP) is 5.23. The first-order valence-electron chi connectivity index (χ1n) is 15.2. The summed E-state index contributed by atoms with van der Waals surface area (Å²) in [4.78, 5) is 37.7. The number of phenols is 2. The third kappa shape index (κ3) is 6.17. The lowest BCUT2D eigenvalue weighted by molar-refractivity contribution is -0.158. The van der Waals surface area contributed by atoms with Crippen molar-refractivity contribution >= 4 is 40.0 Å². The molecule has 2 saturated heterocycles. The summed E-state index contributed by atoms with van der Waals surface area (Å²) < 4.78 is 12.5. The maximum absolute atomic E-state index is 13.6. The number of halogens is 1. The van der Waals surface area contributed by atoms with Gasteiger partial charge in [-0.3, -0.25) is 9.59 Å². The fourth-order valence-corrected chi connectivity index (χ4v) is 6.67. The van der Waals surface area contributed by atoms with Gasteiger partial charge in [-0.2, -0.15) is 0 Å². The van der Waals surface area contributed by atoms with Crippen LogP contribution in [0.5, 0.6) is 11.5 Å². The Bertz CT molecular complexity index is 1780. The summed E-state index contributed by atoms with van der Waals surface area (Å²) in [5.41, 5.74) is 1.50. The van der Waals surface area contributed by atoms with Crippen molar-refractivity contribution < 1.29 is 24.2 Å². The van der Waals surface area contributed by atoms with Crippen LogP contribution in [0.4, 0.5) is 11.5 Å². The molecule has 0 aliphatic carbocycles. The lowest BCUT2D eigenvalue weighted by Gasteiger charge is -2.38. The molecule has 2 aliphatic heterocycles. The van der Waals surface area contributed by atoms with Gasteiger partial charge in [0.15, 0.2) is 5.43 Å². The number of benzene rings is 2. The fraction of sp³-hybridized carbons (Fsp3) is 0.382. The highest BCUT2D eigenvalue weighted by Crippen LogP contribution is 2.44. The highest BCUT2D eigenvalue weighted by atomic mass is 35.5. The molecule has 2 aromatic heterocycles. The molecule has 4 heterocycles. The van der Waals surface area contributed by atoms with Crippen LogP contribution >= 0.6 is 11.6 Å². The first-order chi connectivity index (χ1) is 21.6. The van der Waals surface area contributed by atoms with E-state index in [1.807, 2.05) is 38.2 Å². The van der Waals surface area contributed by atoms with Crippen LogP contribution < -0.4 is 15.2 Å². The molecule has 236 valence electrons. The van der Waals surface area contributed by atoms with E-state index in [1.54, 1.807) is 30.5 Å². The van der Waals surface area contributed by atoms with Crippen molar-refractivity contribution in [2.45, 2.75) is 31.3 Å². The van der Waals surface area contributed by atoms with Crippen LogP contribution in [0.15, 0.2) is 63.9 Å². The Hall–Kier alpha value is -4.28. The van der Waals surface area contributed by atoms with Gasteiger partial charge in [0.25, 0.3) is 0 Å². The Balaban J connectivity index is 1.27. The number of phenolic OH excluding ortho intramolecular Hbond substituents is 2. The molecular formula is C34H37ClN4O6. The number of aromatic hydroxyl groups is 2. The maximum atomic E-state index is 13.6. The van der Waals surface area contributed by atoms with Crippen molar-refractivity contribution in [2.75, 3.05) is 57.1 Å². The van der Waals surface area contributed by atoms with Gasteiger partial charge in [-0.15, -0.1) is 0 Å². The van der Waals surface area contributed by atoms with E-state index in [9.17, 15) is 19.8 Å². The summed E-state index contributed by atoms with van der Waals surface area (Å²) in [5.74, 6) is -0.550. The van der Waals surface area contributed by atoms with Crippen molar-refractivity contribution in [1.29, 1.82) is 0 Å². The molecule has 0 unspecified atom stereocenters. The fourth-order valence-electron chi connectivity index (χ4n) is 6.44. The van der Waals surface area contributed by atoms with Crippen LogP contribution in [0.25, 0.3) is 22.3 Å². The van der Waals surface area contributed by atoms with Crippen molar-refractivity contribution in [2.24, 2.45) is 5.92 Å². The summed E-state index contributed by atoms with van der Waals surface area (Å²) in [6.45, 7) is 2.47. The van der Waals surface area contributed by atoms with Crippen molar-refractivity contribution in [1.82, 2.24) is 9.88 Å². The largest absolute Gasteiger partial charge is 0.507 e. The number of hydrogen-bond donors (Lipinski definition) is 2. The number of aromatic nitrogens is 1. The van der Waals surface area contributed by atoms with E-state index < -0.39 is 17.5 Å². The molecule has 0 amide bonds. The number of carbonyl (C=O) groups excluding carboxylic acids is 1. The summed E-state index contributed by atoms with van der Waals surface area (Å²) >= 11 is 6.41. The number of nitrogens with zero attached hydrogens (tertiary/aromatic N) is 4. The monoisotopic (exact) mass is 632 g/mol. The molecule has 0 spiro atoms. The van der Waals surface area contributed by atoms with Gasteiger partial charge in [-0.05, 0) is 51.1 Å². The lowest BCUT2D eigenvalue weighted by atomic mass is 9.85. The van der Waals surface area contributed by atoms with Crippen molar-refractivity contribution in [3.63, 3.8) is 0 Å². The number of likely N-dealkylation sites (tertiary alicyclic amines) is 1. The minimum Gasteiger partial charge on any atom is -0.507 e. The van der Waals surface area contributed by atoms with E-state index in [2.05, 4.69) is 14.8 Å². The minimum atomic E-state index is -0.611. The number of rotatable bonds is 6. The Labute approximate surface area is 266 Å². The van der Waals surface area contributed by atoms with E-state index in [0.717, 1.165) is 17.6 Å². The highest BCUT2D eigenvalue weighted by Gasteiger charge is 2.38. The number of pyridine rings is 1. The van der Waals surface area contributed by atoms with E-state index in [1.165, 1.54) is 6.07 Å². The lowest BCUT2D eigenvalue weighted by Crippen LogP contribution is -2.45. The second kappa shape index (κ2) is 12.6. The minimum absolute atomic E-state index is 0.0399. The number of likely N-dealkylation sites (N-methyl/N-ethyl adjacent to an activating group) is 1. The van der Waals surface area contributed by atoms with Crippen molar-refractivity contribution in [3.05, 3.63) is 75.5 Å².